The molecule has 2 heterocycles. The molecule has 1 aromatic heterocycles. The third-order valence-corrected chi connectivity index (χ3v) is 3.05. The fourth-order valence-corrected chi connectivity index (χ4v) is 2.36. The molecule has 4 nitrogen and oxygen atoms in total. The number of aromatic nitrogens is 2. The van der Waals surface area contributed by atoms with Gasteiger partial charge in [0.2, 0.25) is 0 Å². The molecule has 78 valence electrons. The summed E-state index contributed by atoms with van der Waals surface area (Å²) < 4.78 is 1.96. The van der Waals surface area contributed by atoms with Gasteiger partial charge >= 0.3 is 0 Å². The van der Waals surface area contributed by atoms with Gasteiger partial charge in [0, 0.05) is 19.6 Å². The van der Waals surface area contributed by atoms with Crippen LogP contribution in [-0.2, 0) is 13.5 Å². The number of likely N-dealkylation sites (N-methyl/N-ethyl adjacent to an activating group) is 1. The van der Waals surface area contributed by atoms with E-state index in [9.17, 15) is 0 Å². The van der Waals surface area contributed by atoms with Crippen molar-refractivity contribution in [1.29, 1.82) is 0 Å². The lowest BCUT2D eigenvalue weighted by Crippen LogP contribution is -2.42. The molecule has 2 unspecified atom stereocenters. The maximum absolute atomic E-state index is 6.02. The number of nitrogens with two attached hydrogens (primary N) is 1. The Labute approximate surface area is 84.7 Å². The van der Waals surface area contributed by atoms with Crippen LogP contribution in [0, 0.1) is 0 Å². The largest absolute Gasteiger partial charge is 0.326 e. The summed E-state index contributed by atoms with van der Waals surface area (Å²) in [4.78, 5) is 2.31. The van der Waals surface area contributed by atoms with E-state index < -0.39 is 0 Å². The molecule has 2 atom stereocenters. The van der Waals surface area contributed by atoms with Crippen LogP contribution < -0.4 is 5.73 Å². The second-order valence-electron chi connectivity index (χ2n) is 4.21. The summed E-state index contributed by atoms with van der Waals surface area (Å²) >= 11 is 0. The normalized spacial score (nSPS) is 24.7. The highest BCUT2D eigenvalue weighted by molar-refractivity contribution is 5.25. The Bertz CT molecular complexity index is 329. The standard InChI is InChI=1S/C10H18N4/c1-7(11)9-10-8(4-5-13(9)2)6-12-14(10)3/h6-7,9H,4-5,11H2,1-3H3. The molecule has 4 heteroatoms. The van der Waals surface area contributed by atoms with E-state index in [2.05, 4.69) is 24.0 Å². The zero-order valence-electron chi connectivity index (χ0n) is 9.07. The zero-order valence-corrected chi connectivity index (χ0v) is 9.07. The molecule has 0 fully saturated rings. The van der Waals surface area contributed by atoms with Crippen molar-refractivity contribution >= 4 is 0 Å². The number of aryl methyl sites for hydroxylation is 1. The molecule has 0 saturated heterocycles. The number of fused-ring (bicyclic) bond motifs is 1. The molecule has 0 aromatic carbocycles. The molecule has 1 aliphatic heterocycles. The molecule has 2 N–H and O–H groups in total. The Balaban J connectivity index is 2.44. The first-order valence-corrected chi connectivity index (χ1v) is 5.08. The minimum absolute atomic E-state index is 0.148. The van der Waals surface area contributed by atoms with E-state index in [1.54, 1.807) is 0 Å². The Kier molecular flexibility index (Phi) is 2.33. The van der Waals surface area contributed by atoms with Crippen LogP contribution in [0.2, 0.25) is 0 Å². The average Bonchev–Trinajstić information content (AvgIpc) is 2.47. The summed E-state index contributed by atoms with van der Waals surface area (Å²) in [6, 6.07) is 0.459. The molecule has 1 aromatic rings. The average molecular weight is 194 g/mol. The zero-order chi connectivity index (χ0) is 10.3. The minimum Gasteiger partial charge on any atom is -0.326 e. The van der Waals surface area contributed by atoms with Crippen LogP contribution >= 0.6 is 0 Å². The highest BCUT2D eigenvalue weighted by Gasteiger charge is 2.30. The van der Waals surface area contributed by atoms with Crippen molar-refractivity contribution in [2.75, 3.05) is 13.6 Å². The van der Waals surface area contributed by atoms with Gasteiger partial charge in [-0.2, -0.15) is 5.10 Å². The van der Waals surface area contributed by atoms with Crippen LogP contribution in [0.4, 0.5) is 0 Å². The van der Waals surface area contributed by atoms with Crippen LogP contribution in [0.15, 0.2) is 6.20 Å². The third-order valence-electron chi connectivity index (χ3n) is 3.05. The molecule has 0 saturated carbocycles. The summed E-state index contributed by atoms with van der Waals surface area (Å²) in [5, 5.41) is 4.30. The monoisotopic (exact) mass is 194 g/mol. The van der Waals surface area contributed by atoms with Gasteiger partial charge in [-0.15, -0.1) is 0 Å². The van der Waals surface area contributed by atoms with Gasteiger partial charge in [0.15, 0.2) is 0 Å². The molecule has 0 aliphatic carbocycles. The van der Waals surface area contributed by atoms with Gasteiger partial charge in [0.05, 0.1) is 17.9 Å². The van der Waals surface area contributed by atoms with Crippen molar-refractivity contribution in [3.8, 4) is 0 Å². The minimum atomic E-state index is 0.148. The Morgan fingerprint density at radius 2 is 2.29 bits per heavy atom. The van der Waals surface area contributed by atoms with Crippen molar-refractivity contribution in [3.63, 3.8) is 0 Å². The fourth-order valence-electron chi connectivity index (χ4n) is 2.36. The second kappa shape index (κ2) is 3.37. The number of rotatable bonds is 1. The molecule has 2 rings (SSSR count). The summed E-state index contributed by atoms with van der Waals surface area (Å²) in [5.74, 6) is 0. The third kappa shape index (κ3) is 1.35. The van der Waals surface area contributed by atoms with Crippen molar-refractivity contribution < 1.29 is 0 Å². The molecule has 1 aliphatic rings. The van der Waals surface area contributed by atoms with Crippen LogP contribution in [0.5, 0.6) is 0 Å². The maximum atomic E-state index is 6.02. The van der Waals surface area contributed by atoms with Gasteiger partial charge in [0.1, 0.15) is 0 Å². The number of hydrogen-bond donors (Lipinski definition) is 1. The van der Waals surface area contributed by atoms with Crippen LogP contribution in [0.25, 0.3) is 0 Å². The molecule has 0 spiro atoms. The lowest BCUT2D eigenvalue weighted by atomic mass is 9.96. The lowest BCUT2D eigenvalue weighted by Gasteiger charge is -2.35. The molecular weight excluding hydrogens is 176 g/mol. The van der Waals surface area contributed by atoms with E-state index in [0.717, 1.165) is 13.0 Å². The van der Waals surface area contributed by atoms with Crippen molar-refractivity contribution in [1.82, 2.24) is 14.7 Å². The van der Waals surface area contributed by atoms with Gasteiger partial charge in [-0.25, -0.2) is 0 Å². The van der Waals surface area contributed by atoms with Gasteiger partial charge in [-0.05, 0) is 26.0 Å². The Hall–Kier alpha value is -0.870. The van der Waals surface area contributed by atoms with Gasteiger partial charge in [0.25, 0.3) is 0 Å². The van der Waals surface area contributed by atoms with Gasteiger partial charge in [-0.3, -0.25) is 9.58 Å². The topological polar surface area (TPSA) is 47.1 Å². The van der Waals surface area contributed by atoms with Crippen LogP contribution in [0.3, 0.4) is 0 Å². The van der Waals surface area contributed by atoms with E-state index in [0.29, 0.717) is 6.04 Å². The van der Waals surface area contributed by atoms with Crippen molar-refractivity contribution in [2.45, 2.75) is 25.4 Å². The van der Waals surface area contributed by atoms with E-state index >= 15 is 0 Å². The highest BCUT2D eigenvalue weighted by atomic mass is 15.3. The van der Waals surface area contributed by atoms with E-state index in [1.165, 1.54) is 11.3 Å². The number of nitrogens with zero attached hydrogens (tertiary/aromatic N) is 3. The van der Waals surface area contributed by atoms with E-state index in [4.69, 9.17) is 5.73 Å². The van der Waals surface area contributed by atoms with Crippen LogP contribution in [-0.4, -0.2) is 34.3 Å². The predicted octanol–water partition coefficient (Wildman–Crippen LogP) is 0.296. The lowest BCUT2D eigenvalue weighted by molar-refractivity contribution is 0.196. The first kappa shape index (κ1) is 9.68. The first-order chi connectivity index (χ1) is 6.61. The van der Waals surface area contributed by atoms with Crippen LogP contribution in [0.1, 0.15) is 24.2 Å². The van der Waals surface area contributed by atoms with Gasteiger partial charge < -0.3 is 5.73 Å². The second-order valence-corrected chi connectivity index (χ2v) is 4.21. The molecular formula is C10H18N4. The SMILES string of the molecule is CC(N)C1c2c(cnn2C)CCN1C. The summed E-state index contributed by atoms with van der Waals surface area (Å²) in [5.41, 5.74) is 8.66. The fraction of sp³-hybridized carbons (Fsp3) is 0.700. The maximum Gasteiger partial charge on any atom is 0.0668 e. The predicted molar refractivity (Wildman–Crippen MR) is 55.9 cm³/mol. The van der Waals surface area contributed by atoms with Crippen molar-refractivity contribution in [2.24, 2.45) is 12.8 Å². The summed E-state index contributed by atoms with van der Waals surface area (Å²) in [6.07, 6.45) is 3.06. The molecule has 0 radical (unpaired) electrons. The van der Waals surface area contributed by atoms with E-state index in [-0.39, 0.29) is 6.04 Å². The van der Waals surface area contributed by atoms with E-state index in [1.807, 2.05) is 17.9 Å². The van der Waals surface area contributed by atoms with Crippen molar-refractivity contribution in [3.05, 3.63) is 17.5 Å². The highest BCUT2D eigenvalue weighted by Crippen LogP contribution is 2.29. The first-order valence-electron chi connectivity index (χ1n) is 5.08. The Morgan fingerprint density at radius 1 is 1.57 bits per heavy atom. The smallest absolute Gasteiger partial charge is 0.0668 e. The summed E-state index contributed by atoms with van der Waals surface area (Å²) in [7, 11) is 4.12. The molecule has 0 bridgehead atoms. The molecule has 0 amide bonds. The summed E-state index contributed by atoms with van der Waals surface area (Å²) in [6.45, 7) is 3.13. The Morgan fingerprint density at radius 3 is 2.93 bits per heavy atom. The quantitative estimate of drug-likeness (QED) is 0.699. The molecule has 14 heavy (non-hydrogen) atoms. The number of hydrogen-bond acceptors (Lipinski definition) is 3. The van der Waals surface area contributed by atoms with Gasteiger partial charge in [-0.1, -0.05) is 0 Å².